The van der Waals surface area contributed by atoms with Gasteiger partial charge in [-0.15, -0.1) is 0 Å². The highest BCUT2D eigenvalue weighted by atomic mass is 16.5. The largest absolute Gasteiger partial charge is 0.504 e. The molecule has 130 valence electrons. The number of carbonyl (C=O) groups is 2. The molecular weight excluding hydrogens is 322 g/mol. The molecule has 2 amide bonds. The number of ether oxygens (including phenoxy) is 1. The Balaban J connectivity index is 1.80. The zero-order valence-electron chi connectivity index (χ0n) is 13.7. The zero-order chi connectivity index (χ0) is 18.1. The van der Waals surface area contributed by atoms with E-state index in [1.54, 1.807) is 18.2 Å². The fourth-order valence-electron chi connectivity index (χ4n) is 2.06. The lowest BCUT2D eigenvalue weighted by atomic mass is 10.1. The molecule has 25 heavy (non-hydrogen) atoms. The summed E-state index contributed by atoms with van der Waals surface area (Å²) in [6.07, 6.45) is 1.85. The number of carbonyl (C=O) groups excluding carboxylic acids is 2. The number of methoxy groups -OCH3 is 1. The molecule has 7 heteroatoms. The number of phenolic OH excluding ortho intramolecular Hbond substituents is 1. The number of aromatic hydroxyl groups is 1. The quantitative estimate of drug-likeness (QED) is 0.418. The van der Waals surface area contributed by atoms with Crippen molar-refractivity contribution in [2.45, 2.75) is 6.42 Å². The molecular formula is C18H19N3O4. The van der Waals surface area contributed by atoms with Crippen molar-refractivity contribution in [3.63, 3.8) is 0 Å². The molecule has 0 aliphatic rings. The van der Waals surface area contributed by atoms with Crippen molar-refractivity contribution in [3.05, 3.63) is 59.7 Å². The van der Waals surface area contributed by atoms with Crippen molar-refractivity contribution in [1.29, 1.82) is 0 Å². The Bertz CT molecular complexity index is 760. The number of rotatable bonds is 6. The molecule has 3 N–H and O–H groups in total. The Hall–Kier alpha value is -3.35. The van der Waals surface area contributed by atoms with Crippen LogP contribution in [-0.2, 0) is 16.0 Å². The van der Waals surface area contributed by atoms with Crippen molar-refractivity contribution in [2.24, 2.45) is 5.10 Å². The second-order valence-electron chi connectivity index (χ2n) is 5.09. The van der Waals surface area contributed by atoms with Crippen LogP contribution in [0.4, 0.5) is 0 Å². The molecule has 0 unspecified atom stereocenters. The van der Waals surface area contributed by atoms with Crippen molar-refractivity contribution in [1.82, 2.24) is 10.7 Å². The van der Waals surface area contributed by atoms with Crippen LogP contribution in [0.25, 0.3) is 0 Å². The highest BCUT2D eigenvalue weighted by molar-refractivity contribution is 6.35. The number of para-hydroxylation sites is 1. The summed E-state index contributed by atoms with van der Waals surface area (Å²) < 4.78 is 4.97. The highest BCUT2D eigenvalue weighted by Crippen LogP contribution is 2.27. The summed E-state index contributed by atoms with van der Waals surface area (Å²) in [6, 6.07) is 14.5. The maximum atomic E-state index is 11.7. The molecule has 0 saturated heterocycles. The topological polar surface area (TPSA) is 100 Å². The van der Waals surface area contributed by atoms with Crippen LogP contribution in [0.1, 0.15) is 11.1 Å². The van der Waals surface area contributed by atoms with Gasteiger partial charge in [-0.25, -0.2) is 5.43 Å². The van der Waals surface area contributed by atoms with E-state index in [9.17, 15) is 14.7 Å². The average Bonchev–Trinajstić information content (AvgIpc) is 2.63. The first-order valence-corrected chi connectivity index (χ1v) is 7.63. The number of hydrogen-bond acceptors (Lipinski definition) is 5. The molecule has 2 aromatic rings. The van der Waals surface area contributed by atoms with E-state index in [4.69, 9.17) is 4.74 Å². The normalized spacial score (nSPS) is 10.4. The summed E-state index contributed by atoms with van der Waals surface area (Å²) >= 11 is 0. The van der Waals surface area contributed by atoms with Gasteiger partial charge in [0, 0.05) is 12.1 Å². The van der Waals surface area contributed by atoms with Gasteiger partial charge in [0.15, 0.2) is 11.5 Å². The van der Waals surface area contributed by atoms with Crippen LogP contribution in [0.2, 0.25) is 0 Å². The lowest BCUT2D eigenvalue weighted by molar-refractivity contribution is -0.139. The SMILES string of the molecule is COc1cccc(/C=N/NC(=O)C(=O)NCCc2ccccc2)c1O. The van der Waals surface area contributed by atoms with Crippen LogP contribution < -0.4 is 15.5 Å². The molecule has 0 aliphatic heterocycles. The predicted molar refractivity (Wildman–Crippen MR) is 93.6 cm³/mol. The first kappa shape index (κ1) is 18.0. The third-order valence-electron chi connectivity index (χ3n) is 3.37. The van der Waals surface area contributed by atoms with Gasteiger partial charge in [0.2, 0.25) is 0 Å². The number of phenols is 1. The average molecular weight is 341 g/mol. The van der Waals surface area contributed by atoms with Gasteiger partial charge in [0.1, 0.15) is 0 Å². The Labute approximate surface area is 145 Å². The smallest absolute Gasteiger partial charge is 0.329 e. The monoisotopic (exact) mass is 341 g/mol. The van der Waals surface area contributed by atoms with E-state index >= 15 is 0 Å². The minimum Gasteiger partial charge on any atom is -0.504 e. The molecule has 7 nitrogen and oxygen atoms in total. The summed E-state index contributed by atoms with van der Waals surface area (Å²) in [7, 11) is 1.43. The molecule has 2 rings (SSSR count). The standard InChI is InChI=1S/C18H19N3O4/c1-25-15-9-5-8-14(16(15)22)12-20-21-18(24)17(23)19-11-10-13-6-3-2-4-7-13/h2-9,12,22H,10-11H2,1H3,(H,19,23)(H,21,24)/b20-12+. The van der Waals surface area contributed by atoms with Gasteiger partial charge in [-0.3, -0.25) is 9.59 Å². The van der Waals surface area contributed by atoms with Crippen LogP contribution >= 0.6 is 0 Å². The van der Waals surface area contributed by atoms with Crippen molar-refractivity contribution in [2.75, 3.05) is 13.7 Å². The second kappa shape index (κ2) is 9.07. The van der Waals surface area contributed by atoms with Gasteiger partial charge in [-0.1, -0.05) is 36.4 Å². The molecule has 0 bridgehead atoms. The Morgan fingerprint density at radius 3 is 2.60 bits per heavy atom. The first-order valence-electron chi connectivity index (χ1n) is 7.63. The highest BCUT2D eigenvalue weighted by Gasteiger charge is 2.12. The van der Waals surface area contributed by atoms with E-state index in [0.29, 0.717) is 18.5 Å². The number of hydrazone groups is 1. The summed E-state index contributed by atoms with van der Waals surface area (Å²) in [6.45, 7) is 0.344. The molecule has 0 aromatic heterocycles. The summed E-state index contributed by atoms with van der Waals surface area (Å²) in [5, 5.41) is 16.1. The minimum absolute atomic E-state index is 0.102. The zero-order valence-corrected chi connectivity index (χ0v) is 13.7. The molecule has 0 atom stereocenters. The molecule has 2 aromatic carbocycles. The van der Waals surface area contributed by atoms with Crippen molar-refractivity contribution in [3.8, 4) is 11.5 Å². The maximum absolute atomic E-state index is 11.7. The summed E-state index contributed by atoms with van der Waals surface area (Å²) in [5.41, 5.74) is 3.53. The third kappa shape index (κ3) is 5.35. The van der Waals surface area contributed by atoms with Gasteiger partial charge in [0.25, 0.3) is 0 Å². The van der Waals surface area contributed by atoms with Crippen LogP contribution in [0.3, 0.4) is 0 Å². The van der Waals surface area contributed by atoms with Crippen LogP contribution in [0, 0.1) is 0 Å². The second-order valence-corrected chi connectivity index (χ2v) is 5.09. The van der Waals surface area contributed by atoms with Gasteiger partial charge in [-0.2, -0.15) is 5.10 Å². The van der Waals surface area contributed by atoms with E-state index in [-0.39, 0.29) is 11.5 Å². The Morgan fingerprint density at radius 1 is 1.12 bits per heavy atom. The fraction of sp³-hybridized carbons (Fsp3) is 0.167. The van der Waals surface area contributed by atoms with Crippen LogP contribution in [0.15, 0.2) is 53.6 Å². The van der Waals surface area contributed by atoms with Gasteiger partial charge < -0.3 is 15.2 Å². The Morgan fingerprint density at radius 2 is 1.88 bits per heavy atom. The van der Waals surface area contributed by atoms with E-state index < -0.39 is 11.8 Å². The summed E-state index contributed by atoms with van der Waals surface area (Å²) in [4.78, 5) is 23.3. The lowest BCUT2D eigenvalue weighted by Gasteiger charge is -2.05. The Kier molecular flexibility index (Phi) is 6.53. The molecule has 0 radical (unpaired) electrons. The molecule has 0 saturated carbocycles. The molecule has 0 heterocycles. The number of amides is 2. The third-order valence-corrected chi connectivity index (χ3v) is 3.37. The number of benzene rings is 2. The van der Waals surface area contributed by atoms with E-state index in [2.05, 4.69) is 15.8 Å². The summed E-state index contributed by atoms with van der Waals surface area (Å²) in [5.74, 6) is -1.47. The van der Waals surface area contributed by atoms with Crippen LogP contribution in [-0.4, -0.2) is 36.8 Å². The number of nitrogens with one attached hydrogen (secondary N) is 2. The number of hydrogen-bond donors (Lipinski definition) is 3. The van der Waals surface area contributed by atoms with Crippen LogP contribution in [0.5, 0.6) is 11.5 Å². The van der Waals surface area contributed by atoms with Gasteiger partial charge in [0.05, 0.1) is 13.3 Å². The molecule has 0 fully saturated rings. The van der Waals surface area contributed by atoms with Gasteiger partial charge in [-0.05, 0) is 24.1 Å². The maximum Gasteiger partial charge on any atom is 0.329 e. The van der Waals surface area contributed by atoms with Crippen molar-refractivity contribution >= 4 is 18.0 Å². The minimum atomic E-state index is -0.883. The van der Waals surface area contributed by atoms with E-state index in [1.807, 2.05) is 30.3 Å². The van der Waals surface area contributed by atoms with Gasteiger partial charge >= 0.3 is 11.8 Å². The molecule has 0 aliphatic carbocycles. The molecule has 0 spiro atoms. The fourth-order valence-corrected chi connectivity index (χ4v) is 2.06. The number of nitrogens with zero attached hydrogens (tertiary/aromatic N) is 1. The first-order chi connectivity index (χ1) is 12.1. The lowest BCUT2D eigenvalue weighted by Crippen LogP contribution is -2.38. The van der Waals surface area contributed by atoms with Crippen molar-refractivity contribution < 1.29 is 19.4 Å². The van der Waals surface area contributed by atoms with E-state index in [1.165, 1.54) is 13.3 Å². The van der Waals surface area contributed by atoms with E-state index in [0.717, 1.165) is 5.56 Å². The predicted octanol–water partition coefficient (Wildman–Crippen LogP) is 1.21.